The van der Waals surface area contributed by atoms with Gasteiger partial charge in [-0.25, -0.2) is 14.5 Å². The number of fused-ring (bicyclic) bond motifs is 1. The van der Waals surface area contributed by atoms with Gasteiger partial charge in [-0.1, -0.05) is 24.3 Å². The monoisotopic (exact) mass is 300 g/mol. The molecule has 3 aliphatic rings. The molecule has 116 valence electrons. The third-order valence-electron chi connectivity index (χ3n) is 4.90. The van der Waals surface area contributed by atoms with Crippen molar-refractivity contribution >= 4 is 12.1 Å². The highest BCUT2D eigenvalue weighted by Crippen LogP contribution is 2.25. The molecule has 22 heavy (non-hydrogen) atoms. The van der Waals surface area contributed by atoms with Gasteiger partial charge in [0.15, 0.2) is 0 Å². The summed E-state index contributed by atoms with van der Waals surface area (Å²) in [5.41, 5.74) is 2.84. The van der Waals surface area contributed by atoms with E-state index < -0.39 is 0 Å². The van der Waals surface area contributed by atoms with E-state index >= 15 is 0 Å². The molecule has 6 heteroatoms. The van der Waals surface area contributed by atoms with Crippen molar-refractivity contribution in [1.29, 1.82) is 0 Å². The number of amides is 4. The molecule has 0 aliphatic carbocycles. The minimum absolute atomic E-state index is 0.149. The van der Waals surface area contributed by atoms with Crippen molar-refractivity contribution < 1.29 is 9.59 Å². The molecule has 4 rings (SSSR count). The van der Waals surface area contributed by atoms with Crippen molar-refractivity contribution in [1.82, 2.24) is 20.0 Å². The Morgan fingerprint density at radius 2 is 1.91 bits per heavy atom. The van der Waals surface area contributed by atoms with Crippen molar-refractivity contribution in [3.63, 3.8) is 0 Å². The number of hydrogen-bond donors (Lipinski definition) is 1. The van der Waals surface area contributed by atoms with Gasteiger partial charge >= 0.3 is 12.1 Å². The van der Waals surface area contributed by atoms with Gasteiger partial charge in [0.1, 0.15) is 0 Å². The van der Waals surface area contributed by atoms with E-state index in [9.17, 15) is 9.59 Å². The number of carbonyl (C=O) groups excluding carboxylic acids is 2. The van der Waals surface area contributed by atoms with Crippen LogP contribution in [0.1, 0.15) is 11.1 Å². The van der Waals surface area contributed by atoms with E-state index in [1.54, 1.807) is 4.90 Å². The molecule has 0 spiro atoms. The fourth-order valence-electron chi connectivity index (χ4n) is 3.50. The zero-order valence-corrected chi connectivity index (χ0v) is 12.5. The Morgan fingerprint density at radius 1 is 1.14 bits per heavy atom. The quantitative estimate of drug-likeness (QED) is 0.837. The van der Waals surface area contributed by atoms with E-state index in [1.165, 1.54) is 16.0 Å². The summed E-state index contributed by atoms with van der Waals surface area (Å²) in [6.07, 6.45) is 1.08. The molecule has 3 heterocycles. The van der Waals surface area contributed by atoms with E-state index in [1.807, 2.05) is 0 Å². The molecule has 0 aromatic heterocycles. The molecule has 1 aromatic rings. The summed E-state index contributed by atoms with van der Waals surface area (Å²) in [5.74, 6) is 0. The van der Waals surface area contributed by atoms with Crippen LogP contribution in [0.15, 0.2) is 24.3 Å². The second kappa shape index (κ2) is 5.28. The molecule has 4 amide bonds. The third-order valence-corrected chi connectivity index (χ3v) is 4.90. The predicted octanol–water partition coefficient (Wildman–Crippen LogP) is 0.874. The number of likely N-dealkylation sites (tertiary alicyclic amines) is 1. The maximum absolute atomic E-state index is 12.2. The molecule has 3 aliphatic heterocycles. The largest absolute Gasteiger partial charge is 0.336 e. The first-order chi connectivity index (χ1) is 10.7. The first kappa shape index (κ1) is 13.6. The van der Waals surface area contributed by atoms with E-state index in [0.29, 0.717) is 19.1 Å². The number of carbonyl (C=O) groups is 2. The molecule has 6 nitrogen and oxygen atoms in total. The Balaban J connectivity index is 1.34. The normalized spacial score (nSPS) is 22.3. The average molecular weight is 300 g/mol. The summed E-state index contributed by atoms with van der Waals surface area (Å²) < 4.78 is 0. The summed E-state index contributed by atoms with van der Waals surface area (Å²) in [4.78, 5) is 29.3. The molecule has 0 atom stereocenters. The van der Waals surface area contributed by atoms with Gasteiger partial charge in [-0.2, -0.15) is 0 Å². The first-order valence-corrected chi connectivity index (χ1v) is 7.87. The number of imide groups is 1. The van der Waals surface area contributed by atoms with Crippen molar-refractivity contribution in [2.45, 2.75) is 19.0 Å². The lowest BCUT2D eigenvalue weighted by atomic mass is 9.97. The van der Waals surface area contributed by atoms with Crippen LogP contribution < -0.4 is 5.32 Å². The number of nitrogens with zero attached hydrogens (tertiary/aromatic N) is 3. The van der Waals surface area contributed by atoms with Gasteiger partial charge in [0, 0.05) is 45.3 Å². The molecule has 1 N–H and O–H groups in total. The molecule has 2 saturated heterocycles. The van der Waals surface area contributed by atoms with Crippen LogP contribution in [-0.2, 0) is 13.0 Å². The SMILES string of the molecule is O=C1NCCN1C(=O)N1CC(N2CCc3ccccc3C2)C1. The van der Waals surface area contributed by atoms with E-state index in [4.69, 9.17) is 0 Å². The summed E-state index contributed by atoms with van der Waals surface area (Å²) >= 11 is 0. The molecule has 2 fully saturated rings. The highest BCUT2D eigenvalue weighted by molar-refractivity contribution is 5.95. The van der Waals surface area contributed by atoms with Gasteiger partial charge in [0.2, 0.25) is 0 Å². The summed E-state index contributed by atoms with van der Waals surface area (Å²) in [6, 6.07) is 8.59. The standard InChI is InChI=1S/C16H20N4O2/c21-15-17-6-8-20(15)16(22)19-10-14(11-19)18-7-5-12-3-1-2-4-13(12)9-18/h1-4,14H,5-11H2,(H,17,21). The number of urea groups is 2. The van der Waals surface area contributed by atoms with Crippen LogP contribution in [0, 0.1) is 0 Å². The Labute approximate surface area is 129 Å². The van der Waals surface area contributed by atoms with Gasteiger partial charge in [-0.05, 0) is 17.5 Å². The van der Waals surface area contributed by atoms with Crippen LogP contribution >= 0.6 is 0 Å². The van der Waals surface area contributed by atoms with Gasteiger partial charge in [-0.3, -0.25) is 4.90 Å². The predicted molar refractivity (Wildman–Crippen MR) is 81.4 cm³/mol. The number of hydrogen-bond acceptors (Lipinski definition) is 3. The van der Waals surface area contributed by atoms with Crippen LogP contribution in [0.3, 0.4) is 0 Å². The summed E-state index contributed by atoms with van der Waals surface area (Å²) in [5, 5.41) is 2.67. The van der Waals surface area contributed by atoms with Crippen LogP contribution in [0.2, 0.25) is 0 Å². The minimum Gasteiger partial charge on any atom is -0.336 e. The molecule has 1 aromatic carbocycles. The molecular weight excluding hydrogens is 280 g/mol. The maximum Gasteiger partial charge on any atom is 0.328 e. The van der Waals surface area contributed by atoms with Crippen LogP contribution in [0.4, 0.5) is 9.59 Å². The smallest absolute Gasteiger partial charge is 0.328 e. The fourth-order valence-corrected chi connectivity index (χ4v) is 3.50. The number of nitrogens with one attached hydrogen (secondary N) is 1. The lowest BCUT2D eigenvalue weighted by molar-refractivity contribution is 0.0405. The van der Waals surface area contributed by atoms with Crippen LogP contribution in [0.25, 0.3) is 0 Å². The zero-order chi connectivity index (χ0) is 15.1. The van der Waals surface area contributed by atoms with Gasteiger partial charge in [0.25, 0.3) is 0 Å². The molecule has 0 bridgehead atoms. The highest BCUT2D eigenvalue weighted by Gasteiger charge is 2.40. The van der Waals surface area contributed by atoms with E-state index in [0.717, 1.165) is 32.6 Å². The second-order valence-electron chi connectivity index (χ2n) is 6.21. The lowest BCUT2D eigenvalue weighted by Crippen LogP contribution is -2.64. The molecular formula is C16H20N4O2. The van der Waals surface area contributed by atoms with Crippen LogP contribution in [0.5, 0.6) is 0 Å². The Morgan fingerprint density at radius 3 is 2.64 bits per heavy atom. The molecule has 0 saturated carbocycles. The van der Waals surface area contributed by atoms with Gasteiger partial charge in [0.05, 0.1) is 0 Å². The average Bonchev–Trinajstić information content (AvgIpc) is 2.91. The van der Waals surface area contributed by atoms with E-state index in [2.05, 4.69) is 34.5 Å². The lowest BCUT2D eigenvalue weighted by Gasteiger charge is -2.47. The summed E-state index contributed by atoms with van der Waals surface area (Å²) in [6.45, 7) is 4.51. The Hall–Kier alpha value is -2.08. The Kier molecular flexibility index (Phi) is 3.26. The van der Waals surface area contributed by atoms with Gasteiger partial charge < -0.3 is 10.2 Å². The molecule has 0 unspecified atom stereocenters. The number of rotatable bonds is 1. The van der Waals surface area contributed by atoms with Crippen molar-refractivity contribution in [2.75, 3.05) is 32.7 Å². The first-order valence-electron chi connectivity index (χ1n) is 7.87. The summed E-state index contributed by atoms with van der Waals surface area (Å²) in [7, 11) is 0. The van der Waals surface area contributed by atoms with Crippen LogP contribution in [-0.4, -0.2) is 65.5 Å². The zero-order valence-electron chi connectivity index (χ0n) is 12.5. The maximum atomic E-state index is 12.2. The Bertz CT molecular complexity index is 612. The topological polar surface area (TPSA) is 55.9 Å². The van der Waals surface area contributed by atoms with E-state index in [-0.39, 0.29) is 12.1 Å². The highest BCUT2D eigenvalue weighted by atomic mass is 16.2. The van der Waals surface area contributed by atoms with Crippen molar-refractivity contribution in [3.8, 4) is 0 Å². The molecule has 0 radical (unpaired) electrons. The third kappa shape index (κ3) is 2.23. The van der Waals surface area contributed by atoms with Crippen molar-refractivity contribution in [2.24, 2.45) is 0 Å². The fraction of sp³-hybridized carbons (Fsp3) is 0.500. The van der Waals surface area contributed by atoms with Gasteiger partial charge in [-0.15, -0.1) is 0 Å². The minimum atomic E-state index is -0.264. The second-order valence-corrected chi connectivity index (χ2v) is 6.21. The number of benzene rings is 1. The van der Waals surface area contributed by atoms with Crippen molar-refractivity contribution in [3.05, 3.63) is 35.4 Å².